The Labute approximate surface area is 237 Å². The van der Waals surface area contributed by atoms with Crippen molar-refractivity contribution in [3.8, 4) is 16.9 Å². The molecule has 3 aliphatic rings. The maximum Gasteiger partial charge on any atom is 0.387 e. The second-order valence-electron chi connectivity index (χ2n) is 10.8. The molecule has 0 atom stereocenters. The zero-order valence-corrected chi connectivity index (χ0v) is 22.3. The average molecular weight is 583 g/mol. The molecule has 0 bridgehead atoms. The molecule has 0 unspecified atom stereocenters. The predicted octanol–water partition coefficient (Wildman–Crippen LogP) is 5.71. The van der Waals surface area contributed by atoms with Gasteiger partial charge in [-0.25, -0.2) is 13.8 Å². The first-order valence-electron chi connectivity index (χ1n) is 13.5. The van der Waals surface area contributed by atoms with E-state index in [-0.39, 0.29) is 40.2 Å². The van der Waals surface area contributed by atoms with Gasteiger partial charge in [-0.3, -0.25) is 14.4 Å². The van der Waals surface area contributed by atoms with Crippen molar-refractivity contribution in [1.29, 1.82) is 0 Å². The van der Waals surface area contributed by atoms with Crippen LogP contribution in [0.2, 0.25) is 0 Å². The van der Waals surface area contributed by atoms with Gasteiger partial charge in [0.15, 0.2) is 0 Å². The first kappa shape index (κ1) is 27.7. The van der Waals surface area contributed by atoms with Crippen molar-refractivity contribution in [2.24, 2.45) is 0 Å². The highest BCUT2D eigenvalue weighted by molar-refractivity contribution is 6.05. The molecule has 3 aromatic rings. The maximum absolute atomic E-state index is 13.6. The molecule has 1 N–H and O–H groups in total. The zero-order valence-electron chi connectivity index (χ0n) is 22.3. The van der Waals surface area contributed by atoms with Crippen molar-refractivity contribution < 1.29 is 31.9 Å². The third kappa shape index (κ3) is 5.65. The minimum absolute atomic E-state index is 0.0335. The van der Waals surface area contributed by atoms with Gasteiger partial charge in [0, 0.05) is 23.9 Å². The van der Waals surface area contributed by atoms with Gasteiger partial charge >= 0.3 is 6.61 Å². The summed E-state index contributed by atoms with van der Waals surface area (Å²) < 4.78 is 59.0. The van der Waals surface area contributed by atoms with E-state index in [2.05, 4.69) is 21.6 Å². The van der Waals surface area contributed by atoms with Crippen LogP contribution in [0.3, 0.4) is 0 Å². The molecule has 2 amide bonds. The summed E-state index contributed by atoms with van der Waals surface area (Å²) in [5, 5.41) is 2.70. The van der Waals surface area contributed by atoms with Crippen LogP contribution in [0.4, 0.5) is 23.4 Å². The zero-order chi connectivity index (χ0) is 29.8. The van der Waals surface area contributed by atoms with Crippen LogP contribution in [0.5, 0.6) is 5.75 Å². The molecule has 0 spiro atoms. The van der Waals surface area contributed by atoms with Crippen molar-refractivity contribution in [3.05, 3.63) is 81.9 Å². The van der Waals surface area contributed by atoms with Crippen LogP contribution in [-0.2, 0) is 0 Å². The van der Waals surface area contributed by atoms with Gasteiger partial charge in [-0.15, -0.1) is 0 Å². The number of amides is 2. The van der Waals surface area contributed by atoms with Crippen LogP contribution < -0.4 is 15.6 Å². The molecule has 0 radical (unpaired) electrons. The fourth-order valence-corrected chi connectivity index (χ4v) is 5.02. The number of likely N-dealkylation sites (tertiary alicyclic amines) is 1. The van der Waals surface area contributed by atoms with Crippen molar-refractivity contribution >= 4 is 23.7 Å². The number of rotatable bonds is 9. The SMILES string of the molecule is C=Cc1cc(C(=O)Nc2cc(-c3ccc(OC(F)F)cc3C(=O)N3CC(F)(F)C3)cc(C3CC3)n2)c(=O)n(C2CC2)c1. The van der Waals surface area contributed by atoms with E-state index >= 15 is 0 Å². The quantitative estimate of drug-likeness (QED) is 0.326. The van der Waals surface area contributed by atoms with E-state index in [1.807, 2.05) is 0 Å². The normalized spacial score (nSPS) is 17.5. The number of halogens is 4. The van der Waals surface area contributed by atoms with Crippen molar-refractivity contribution in [3.63, 3.8) is 0 Å². The lowest BCUT2D eigenvalue weighted by Gasteiger charge is -2.39. The van der Waals surface area contributed by atoms with Gasteiger partial charge in [0.2, 0.25) is 0 Å². The number of nitrogens with zero attached hydrogens (tertiary/aromatic N) is 3. The van der Waals surface area contributed by atoms with Crippen LogP contribution in [0.25, 0.3) is 17.2 Å². The van der Waals surface area contributed by atoms with Gasteiger partial charge in [0.25, 0.3) is 23.3 Å². The summed E-state index contributed by atoms with van der Waals surface area (Å²) in [6.07, 6.45) is 6.61. The molecular weight excluding hydrogens is 556 g/mol. The number of hydrogen-bond acceptors (Lipinski definition) is 5. The summed E-state index contributed by atoms with van der Waals surface area (Å²) in [5.74, 6) is -4.56. The summed E-state index contributed by atoms with van der Waals surface area (Å²) >= 11 is 0. The van der Waals surface area contributed by atoms with Crippen LogP contribution in [-0.4, -0.2) is 51.9 Å². The molecule has 3 fully saturated rings. The molecule has 1 saturated heterocycles. The molecule has 2 aliphatic carbocycles. The van der Waals surface area contributed by atoms with Gasteiger partial charge in [-0.2, -0.15) is 8.78 Å². The first-order chi connectivity index (χ1) is 20.0. The monoisotopic (exact) mass is 582 g/mol. The number of nitrogens with one attached hydrogen (secondary N) is 1. The lowest BCUT2D eigenvalue weighted by Crippen LogP contribution is -2.58. The number of carbonyl (C=O) groups excluding carboxylic acids is 2. The van der Waals surface area contributed by atoms with Gasteiger partial charge < -0.3 is 19.5 Å². The Morgan fingerprint density at radius 1 is 1.07 bits per heavy atom. The van der Waals surface area contributed by atoms with E-state index in [0.29, 0.717) is 16.8 Å². The number of aromatic nitrogens is 2. The predicted molar refractivity (Wildman–Crippen MR) is 146 cm³/mol. The average Bonchev–Trinajstić information content (AvgIpc) is 3.84. The van der Waals surface area contributed by atoms with Crippen LogP contribution in [0.15, 0.2) is 54.0 Å². The van der Waals surface area contributed by atoms with Gasteiger partial charge in [0.1, 0.15) is 17.1 Å². The van der Waals surface area contributed by atoms with Crippen LogP contribution in [0, 0.1) is 0 Å². The van der Waals surface area contributed by atoms with E-state index < -0.39 is 43.0 Å². The highest BCUT2D eigenvalue weighted by Crippen LogP contribution is 2.42. The smallest absolute Gasteiger partial charge is 0.387 e. The molecule has 42 heavy (non-hydrogen) atoms. The van der Waals surface area contributed by atoms with Gasteiger partial charge in [-0.05, 0) is 78.8 Å². The summed E-state index contributed by atoms with van der Waals surface area (Å²) in [6.45, 7) is -0.998. The highest BCUT2D eigenvalue weighted by atomic mass is 19.3. The number of hydrogen-bond donors (Lipinski definition) is 1. The third-order valence-corrected chi connectivity index (χ3v) is 7.46. The minimum atomic E-state index is -3.15. The van der Waals surface area contributed by atoms with Crippen LogP contribution in [0.1, 0.15) is 69.6 Å². The summed E-state index contributed by atoms with van der Waals surface area (Å²) in [4.78, 5) is 45.1. The molecule has 6 rings (SSSR count). The molecule has 8 nitrogen and oxygen atoms in total. The van der Waals surface area contributed by atoms with Gasteiger partial charge in [-0.1, -0.05) is 12.7 Å². The number of carbonyl (C=O) groups is 2. The number of benzene rings is 1. The standard InChI is InChI=1S/C30H26F4N4O4/c1-2-16-9-23(28(41)38(13-16)19-5-6-19)26(39)36-25-11-18(10-24(35-25)17-3-4-17)21-8-7-20(42-29(31)32)12-22(21)27(40)37-14-30(33,34)15-37/h2,7-13,17,19,29H,1,3-6,14-15H2,(H,35,36,39). The van der Waals surface area contributed by atoms with Crippen molar-refractivity contribution in [2.45, 2.75) is 50.2 Å². The largest absolute Gasteiger partial charge is 0.435 e. The van der Waals surface area contributed by atoms with E-state index in [1.54, 1.807) is 18.3 Å². The third-order valence-electron chi connectivity index (χ3n) is 7.46. The van der Waals surface area contributed by atoms with E-state index in [4.69, 9.17) is 0 Å². The lowest BCUT2D eigenvalue weighted by atomic mass is 9.96. The molecule has 3 heterocycles. The molecule has 2 aromatic heterocycles. The molecule has 1 aromatic carbocycles. The summed E-state index contributed by atoms with van der Waals surface area (Å²) in [6, 6.07) is 8.43. The molecule has 218 valence electrons. The molecule has 2 saturated carbocycles. The number of alkyl halides is 4. The second kappa shape index (κ2) is 10.4. The Kier molecular flexibility index (Phi) is 6.86. The van der Waals surface area contributed by atoms with E-state index in [0.717, 1.165) is 36.6 Å². The van der Waals surface area contributed by atoms with E-state index in [9.17, 15) is 31.9 Å². The van der Waals surface area contributed by atoms with Gasteiger partial charge in [0.05, 0.1) is 18.7 Å². The number of ether oxygens (including phenoxy) is 1. The van der Waals surface area contributed by atoms with E-state index in [1.165, 1.54) is 28.8 Å². The maximum atomic E-state index is 13.6. The molecular formula is C30H26F4N4O4. The van der Waals surface area contributed by atoms with Crippen LogP contribution >= 0.6 is 0 Å². The second-order valence-corrected chi connectivity index (χ2v) is 10.8. The fourth-order valence-electron chi connectivity index (χ4n) is 5.02. The minimum Gasteiger partial charge on any atom is -0.435 e. The summed E-state index contributed by atoms with van der Waals surface area (Å²) in [5.41, 5.74) is 1.28. The Bertz CT molecular complexity index is 1660. The Morgan fingerprint density at radius 2 is 1.81 bits per heavy atom. The molecule has 1 aliphatic heterocycles. The Morgan fingerprint density at radius 3 is 2.43 bits per heavy atom. The highest BCUT2D eigenvalue weighted by Gasteiger charge is 2.46. The van der Waals surface area contributed by atoms with Crippen molar-refractivity contribution in [1.82, 2.24) is 14.5 Å². The van der Waals surface area contributed by atoms with Crippen molar-refractivity contribution in [2.75, 3.05) is 18.4 Å². The number of anilines is 1. The number of pyridine rings is 2. The lowest BCUT2D eigenvalue weighted by molar-refractivity contribution is -0.113. The molecule has 12 heteroatoms. The Balaban J connectivity index is 1.38. The topological polar surface area (TPSA) is 93.5 Å². The fraction of sp³-hybridized carbons (Fsp3) is 0.333. The first-order valence-corrected chi connectivity index (χ1v) is 13.5. The summed E-state index contributed by atoms with van der Waals surface area (Å²) in [7, 11) is 0. The Hall–Kier alpha value is -4.48.